The van der Waals surface area contributed by atoms with Crippen LogP contribution in [-0.4, -0.2) is 32.1 Å². The fourth-order valence-corrected chi connectivity index (χ4v) is 4.23. The molecule has 26 heavy (non-hydrogen) atoms. The summed E-state index contributed by atoms with van der Waals surface area (Å²) in [5.41, 5.74) is 0.137. The fraction of sp³-hybridized carbons (Fsp3) is 0.389. The maximum absolute atomic E-state index is 13.0. The van der Waals surface area contributed by atoms with Crippen molar-refractivity contribution < 1.29 is 28.2 Å². The molecule has 1 saturated heterocycles. The summed E-state index contributed by atoms with van der Waals surface area (Å²) in [6, 6.07) is 4.07. The van der Waals surface area contributed by atoms with Crippen molar-refractivity contribution in [3.8, 4) is 17.4 Å². The van der Waals surface area contributed by atoms with E-state index in [9.17, 15) is 28.2 Å². The smallest absolute Gasteiger partial charge is 0.416 e. The summed E-state index contributed by atoms with van der Waals surface area (Å²) >= 11 is 0. The van der Waals surface area contributed by atoms with E-state index in [4.69, 9.17) is 0 Å². The predicted molar refractivity (Wildman–Crippen MR) is 86.2 cm³/mol. The average Bonchev–Trinajstić information content (AvgIpc) is 2.87. The van der Waals surface area contributed by atoms with Crippen LogP contribution >= 0.6 is 0 Å². The Morgan fingerprint density at radius 1 is 1.15 bits per heavy atom. The summed E-state index contributed by atoms with van der Waals surface area (Å²) in [6.45, 7) is 1.88. The number of aromatic nitrogens is 1. The normalized spacial score (nSPS) is 21.8. The van der Waals surface area contributed by atoms with Crippen LogP contribution in [0.2, 0.25) is 0 Å². The first-order chi connectivity index (χ1) is 12.2. The number of alkyl halides is 3. The van der Waals surface area contributed by atoms with Gasteiger partial charge in [0.2, 0.25) is 17.7 Å². The monoisotopic (exact) mass is 366 g/mol. The van der Waals surface area contributed by atoms with Gasteiger partial charge in [-0.1, -0.05) is 6.07 Å². The van der Waals surface area contributed by atoms with Gasteiger partial charge < -0.3 is 15.1 Å². The molecule has 3 aliphatic rings. The lowest BCUT2D eigenvalue weighted by Crippen LogP contribution is -2.44. The summed E-state index contributed by atoms with van der Waals surface area (Å²) in [5, 5.41) is 21.4. The molecule has 0 radical (unpaired) electrons. The summed E-state index contributed by atoms with van der Waals surface area (Å²) in [6.07, 6.45) is -3.13. The second-order valence-electron chi connectivity index (χ2n) is 6.82. The van der Waals surface area contributed by atoms with Gasteiger partial charge in [0.25, 0.3) is 0 Å². The highest BCUT2D eigenvalue weighted by molar-refractivity contribution is 5.75. The number of nitrogens with zero attached hydrogens (tertiary/aromatic N) is 2. The first-order valence-corrected chi connectivity index (χ1v) is 8.31. The van der Waals surface area contributed by atoms with Gasteiger partial charge in [0.05, 0.1) is 17.3 Å². The predicted octanol–water partition coefficient (Wildman–Crippen LogP) is 3.69. The molecule has 0 spiro atoms. The van der Waals surface area contributed by atoms with E-state index in [2.05, 4.69) is 0 Å². The number of carbonyl (C=O) groups excluding carboxylic acids is 1. The van der Waals surface area contributed by atoms with Crippen molar-refractivity contribution in [3.05, 3.63) is 41.0 Å². The fourth-order valence-electron chi connectivity index (χ4n) is 4.23. The molecular weight excluding hydrogens is 349 g/mol. The Bertz CT molecular complexity index is 904. The van der Waals surface area contributed by atoms with Gasteiger partial charge in [-0.15, -0.1) is 0 Å². The van der Waals surface area contributed by atoms with Crippen LogP contribution in [0.3, 0.4) is 0 Å². The van der Waals surface area contributed by atoms with E-state index in [-0.39, 0.29) is 35.3 Å². The Morgan fingerprint density at radius 2 is 1.85 bits per heavy atom. The minimum absolute atomic E-state index is 0.0259. The Kier molecular flexibility index (Phi) is 3.51. The van der Waals surface area contributed by atoms with Gasteiger partial charge in [0.1, 0.15) is 0 Å². The van der Waals surface area contributed by atoms with Crippen LogP contribution in [0, 0.1) is 0 Å². The number of carbonyl (C=O) groups is 1. The van der Waals surface area contributed by atoms with Gasteiger partial charge >= 0.3 is 6.18 Å². The molecule has 5 nitrogen and oxygen atoms in total. The molecule has 1 aromatic carbocycles. The van der Waals surface area contributed by atoms with Gasteiger partial charge in [0, 0.05) is 30.5 Å². The van der Waals surface area contributed by atoms with E-state index in [1.807, 2.05) is 0 Å². The Morgan fingerprint density at radius 3 is 2.50 bits per heavy atom. The van der Waals surface area contributed by atoms with E-state index < -0.39 is 11.7 Å². The number of amides is 1. The number of benzene rings is 1. The molecule has 2 aliphatic heterocycles. The highest BCUT2D eigenvalue weighted by Gasteiger charge is 2.45. The molecule has 1 aliphatic carbocycles. The lowest BCUT2D eigenvalue weighted by Gasteiger charge is -2.44. The van der Waals surface area contributed by atoms with Crippen molar-refractivity contribution in [2.75, 3.05) is 6.54 Å². The average molecular weight is 366 g/mol. The third-order valence-corrected chi connectivity index (χ3v) is 5.36. The second-order valence-corrected chi connectivity index (χ2v) is 6.82. The minimum Gasteiger partial charge on any atom is -0.494 e. The molecule has 0 saturated carbocycles. The number of hydrogen-bond donors (Lipinski definition) is 2. The lowest BCUT2D eigenvalue weighted by atomic mass is 9.76. The SMILES string of the molecule is CC(=O)N1CC2CCC1c1c2c(O)n(-c2cccc(C(F)(F)F)c2)c1O. The molecule has 2 atom stereocenters. The third kappa shape index (κ3) is 2.28. The molecule has 8 heteroatoms. The largest absolute Gasteiger partial charge is 0.494 e. The second kappa shape index (κ2) is 5.43. The molecule has 3 heterocycles. The Balaban J connectivity index is 1.89. The van der Waals surface area contributed by atoms with E-state index in [1.165, 1.54) is 19.1 Å². The molecule has 2 aromatic rings. The van der Waals surface area contributed by atoms with E-state index in [0.717, 1.165) is 23.1 Å². The maximum atomic E-state index is 13.0. The van der Waals surface area contributed by atoms with Crippen LogP contribution in [0.25, 0.3) is 5.69 Å². The van der Waals surface area contributed by atoms with Crippen molar-refractivity contribution in [2.45, 2.75) is 37.9 Å². The molecule has 5 rings (SSSR count). The quantitative estimate of drug-likeness (QED) is 0.809. The molecule has 1 fully saturated rings. The zero-order chi connectivity index (χ0) is 18.8. The highest BCUT2D eigenvalue weighted by atomic mass is 19.4. The summed E-state index contributed by atoms with van der Waals surface area (Å²) in [5.74, 6) is -0.833. The summed E-state index contributed by atoms with van der Waals surface area (Å²) in [4.78, 5) is 13.5. The number of piperidine rings is 1. The molecule has 2 bridgehead atoms. The van der Waals surface area contributed by atoms with Crippen LogP contribution in [0.15, 0.2) is 24.3 Å². The van der Waals surface area contributed by atoms with Crippen molar-refractivity contribution >= 4 is 5.91 Å². The van der Waals surface area contributed by atoms with Crippen molar-refractivity contribution in [1.29, 1.82) is 0 Å². The Labute approximate surface area is 147 Å². The van der Waals surface area contributed by atoms with E-state index >= 15 is 0 Å². The minimum atomic E-state index is -4.53. The summed E-state index contributed by atoms with van der Waals surface area (Å²) in [7, 11) is 0. The van der Waals surface area contributed by atoms with Gasteiger partial charge in [-0.3, -0.25) is 9.36 Å². The molecule has 2 unspecified atom stereocenters. The zero-order valence-corrected chi connectivity index (χ0v) is 13.9. The van der Waals surface area contributed by atoms with Crippen LogP contribution in [0.5, 0.6) is 11.8 Å². The number of aromatic hydroxyl groups is 2. The van der Waals surface area contributed by atoms with Gasteiger partial charge in [0.15, 0.2) is 0 Å². The highest BCUT2D eigenvalue weighted by Crippen LogP contribution is 2.55. The number of halogens is 3. The molecule has 2 N–H and O–H groups in total. The number of fused-ring (bicyclic) bond motifs is 2. The van der Waals surface area contributed by atoms with E-state index in [0.29, 0.717) is 24.1 Å². The maximum Gasteiger partial charge on any atom is 0.416 e. The van der Waals surface area contributed by atoms with Gasteiger partial charge in [-0.05, 0) is 31.0 Å². The van der Waals surface area contributed by atoms with Crippen LogP contribution in [0.1, 0.15) is 48.4 Å². The number of rotatable bonds is 1. The summed E-state index contributed by atoms with van der Waals surface area (Å²) < 4.78 is 40.1. The molecular formula is C18H17F3N2O3. The topological polar surface area (TPSA) is 65.7 Å². The van der Waals surface area contributed by atoms with Crippen molar-refractivity contribution in [2.24, 2.45) is 0 Å². The van der Waals surface area contributed by atoms with Crippen LogP contribution in [0.4, 0.5) is 13.2 Å². The van der Waals surface area contributed by atoms with Crippen LogP contribution < -0.4 is 0 Å². The van der Waals surface area contributed by atoms with Gasteiger partial charge in [-0.25, -0.2) is 0 Å². The molecule has 1 amide bonds. The molecule has 138 valence electrons. The first kappa shape index (κ1) is 16.8. The third-order valence-electron chi connectivity index (χ3n) is 5.36. The Hall–Kier alpha value is -2.64. The van der Waals surface area contributed by atoms with Crippen LogP contribution in [-0.2, 0) is 11.0 Å². The first-order valence-electron chi connectivity index (χ1n) is 8.31. The standard InChI is InChI=1S/C18H17F3N2O3/c1-9(24)22-8-10-5-6-13(22)15-14(10)16(25)23(17(15)26)12-4-2-3-11(7-12)18(19,20)21/h2-4,7,10,13,25-26H,5-6,8H2,1H3. The number of hydrogen-bond acceptors (Lipinski definition) is 3. The molecule has 1 aromatic heterocycles. The van der Waals surface area contributed by atoms with Gasteiger partial charge in [-0.2, -0.15) is 13.2 Å². The van der Waals surface area contributed by atoms with Crippen molar-refractivity contribution in [3.63, 3.8) is 0 Å². The van der Waals surface area contributed by atoms with Crippen molar-refractivity contribution in [1.82, 2.24) is 9.47 Å². The zero-order valence-electron chi connectivity index (χ0n) is 13.9. The van der Waals surface area contributed by atoms with E-state index in [1.54, 1.807) is 4.90 Å². The lowest BCUT2D eigenvalue weighted by molar-refractivity contribution is -0.137.